The van der Waals surface area contributed by atoms with E-state index in [1.807, 2.05) is 32.0 Å². The van der Waals surface area contributed by atoms with Crippen LogP contribution in [-0.2, 0) is 11.3 Å². The molecule has 1 amide bonds. The lowest BCUT2D eigenvalue weighted by atomic mass is 10.2. The quantitative estimate of drug-likeness (QED) is 0.884. The second-order valence-corrected chi connectivity index (χ2v) is 4.82. The molecule has 0 saturated carbocycles. The van der Waals surface area contributed by atoms with Crippen LogP contribution in [0.1, 0.15) is 30.2 Å². The van der Waals surface area contributed by atoms with Gasteiger partial charge in [0.05, 0.1) is 11.8 Å². The van der Waals surface area contributed by atoms with Gasteiger partial charge in [-0.3, -0.25) is 4.79 Å². The predicted octanol–water partition coefficient (Wildman–Crippen LogP) is 3.47. The molecule has 2 aromatic rings. The van der Waals surface area contributed by atoms with E-state index in [2.05, 4.69) is 5.32 Å². The highest BCUT2D eigenvalue weighted by Crippen LogP contribution is 2.25. The number of nitrogens with one attached hydrogen (secondary N) is 1. The first-order chi connectivity index (χ1) is 10.1. The van der Waals surface area contributed by atoms with E-state index in [0.717, 1.165) is 0 Å². The molecule has 2 rings (SSSR count). The lowest BCUT2D eigenvalue weighted by Gasteiger charge is -2.14. The zero-order valence-electron chi connectivity index (χ0n) is 12.4. The monoisotopic (exact) mass is 289 g/mol. The van der Waals surface area contributed by atoms with Gasteiger partial charge in [-0.15, -0.1) is 0 Å². The number of carbonyl (C=O) groups is 1. The van der Waals surface area contributed by atoms with Gasteiger partial charge in [-0.25, -0.2) is 0 Å². The Morgan fingerprint density at radius 2 is 2.00 bits per heavy atom. The molecule has 0 aliphatic heterocycles. The van der Waals surface area contributed by atoms with Crippen molar-refractivity contribution in [1.82, 2.24) is 0 Å². The van der Waals surface area contributed by atoms with Gasteiger partial charge < -0.3 is 19.2 Å². The van der Waals surface area contributed by atoms with E-state index >= 15 is 0 Å². The number of anilines is 1. The van der Waals surface area contributed by atoms with Gasteiger partial charge in [0, 0.05) is 7.11 Å². The first-order valence-electron chi connectivity index (χ1n) is 6.75. The van der Waals surface area contributed by atoms with Gasteiger partial charge >= 0.3 is 0 Å². The minimum absolute atomic E-state index is 0.0278. The van der Waals surface area contributed by atoms with Crippen LogP contribution in [0.15, 0.2) is 40.8 Å². The Hall–Kier alpha value is -2.27. The van der Waals surface area contributed by atoms with Crippen molar-refractivity contribution in [2.45, 2.75) is 26.6 Å². The number of hydrogen-bond acceptors (Lipinski definition) is 4. The lowest BCUT2D eigenvalue weighted by molar-refractivity contribution is 0.0986. The maximum atomic E-state index is 12.2. The summed E-state index contributed by atoms with van der Waals surface area (Å²) in [5, 5.41) is 2.79. The van der Waals surface area contributed by atoms with Crippen LogP contribution in [0, 0.1) is 0 Å². The van der Waals surface area contributed by atoms with Gasteiger partial charge in [-0.05, 0) is 38.1 Å². The molecule has 0 atom stereocenters. The first kappa shape index (κ1) is 15.1. The summed E-state index contributed by atoms with van der Waals surface area (Å²) in [4.78, 5) is 12.2. The number of ether oxygens (including phenoxy) is 2. The topological polar surface area (TPSA) is 60.7 Å². The smallest absolute Gasteiger partial charge is 0.291 e. The van der Waals surface area contributed by atoms with E-state index in [4.69, 9.17) is 13.9 Å². The molecule has 1 aromatic carbocycles. The zero-order chi connectivity index (χ0) is 15.2. The van der Waals surface area contributed by atoms with Crippen LogP contribution in [0.4, 0.5) is 5.69 Å². The highest BCUT2D eigenvalue weighted by Gasteiger charge is 2.14. The number of benzene rings is 1. The molecule has 1 heterocycles. The molecule has 0 aliphatic carbocycles. The Kier molecular flexibility index (Phi) is 5.00. The van der Waals surface area contributed by atoms with Gasteiger partial charge in [0.2, 0.25) is 0 Å². The third-order valence-electron chi connectivity index (χ3n) is 2.67. The van der Waals surface area contributed by atoms with Gasteiger partial charge in [0.1, 0.15) is 18.1 Å². The van der Waals surface area contributed by atoms with E-state index in [1.54, 1.807) is 25.3 Å². The molecule has 0 aliphatic rings. The van der Waals surface area contributed by atoms with Gasteiger partial charge in [0.25, 0.3) is 5.91 Å². The van der Waals surface area contributed by atoms with Crippen molar-refractivity contribution >= 4 is 11.6 Å². The number of furan rings is 1. The van der Waals surface area contributed by atoms with E-state index in [9.17, 15) is 4.79 Å². The van der Waals surface area contributed by atoms with Crippen LogP contribution in [0.2, 0.25) is 0 Å². The highest BCUT2D eigenvalue weighted by atomic mass is 16.5. The number of hydrogen-bond donors (Lipinski definition) is 1. The number of rotatable bonds is 6. The fourth-order valence-corrected chi connectivity index (χ4v) is 1.83. The van der Waals surface area contributed by atoms with Gasteiger partial charge in [-0.2, -0.15) is 0 Å². The van der Waals surface area contributed by atoms with E-state index in [1.165, 1.54) is 0 Å². The Labute approximate surface area is 123 Å². The number of methoxy groups -OCH3 is 1. The highest BCUT2D eigenvalue weighted by molar-refractivity contribution is 6.03. The van der Waals surface area contributed by atoms with Gasteiger partial charge in [-0.1, -0.05) is 12.1 Å². The van der Waals surface area contributed by atoms with Crippen LogP contribution >= 0.6 is 0 Å². The molecule has 0 radical (unpaired) electrons. The summed E-state index contributed by atoms with van der Waals surface area (Å²) >= 11 is 0. The Morgan fingerprint density at radius 1 is 1.24 bits per heavy atom. The molecule has 112 valence electrons. The predicted molar refractivity (Wildman–Crippen MR) is 79.6 cm³/mol. The summed E-state index contributed by atoms with van der Waals surface area (Å²) in [5.41, 5.74) is 0.612. The van der Waals surface area contributed by atoms with Crippen LogP contribution in [-0.4, -0.2) is 19.1 Å². The molecule has 0 unspecified atom stereocenters. The average Bonchev–Trinajstić information content (AvgIpc) is 2.89. The van der Waals surface area contributed by atoms with E-state index in [-0.39, 0.29) is 17.8 Å². The maximum Gasteiger partial charge on any atom is 0.291 e. The van der Waals surface area contributed by atoms with Crippen molar-refractivity contribution in [1.29, 1.82) is 0 Å². The summed E-state index contributed by atoms with van der Waals surface area (Å²) in [6, 6.07) is 10.6. The second-order valence-electron chi connectivity index (χ2n) is 4.82. The minimum Gasteiger partial charge on any atom is -0.489 e. The molecule has 0 spiro atoms. The Balaban J connectivity index is 2.11. The number of para-hydroxylation sites is 2. The minimum atomic E-state index is -0.322. The van der Waals surface area contributed by atoms with Crippen molar-refractivity contribution in [3.05, 3.63) is 47.9 Å². The van der Waals surface area contributed by atoms with Crippen LogP contribution in [0.3, 0.4) is 0 Å². The standard InChI is InChI=1S/C16H19NO4/c1-11(2)20-14-7-5-4-6-13(14)17-16(18)15-9-8-12(21-15)10-19-3/h4-9,11H,10H2,1-3H3,(H,17,18). The summed E-state index contributed by atoms with van der Waals surface area (Å²) in [6.45, 7) is 4.20. The van der Waals surface area contributed by atoms with Gasteiger partial charge in [0.15, 0.2) is 5.76 Å². The van der Waals surface area contributed by atoms with E-state index in [0.29, 0.717) is 23.8 Å². The Bertz CT molecular complexity index is 604. The molecule has 5 nitrogen and oxygen atoms in total. The van der Waals surface area contributed by atoms with Crippen LogP contribution < -0.4 is 10.1 Å². The summed E-state index contributed by atoms with van der Waals surface area (Å²) in [7, 11) is 1.57. The van der Waals surface area contributed by atoms with Crippen molar-refractivity contribution in [2.24, 2.45) is 0 Å². The Morgan fingerprint density at radius 3 is 2.71 bits per heavy atom. The third-order valence-corrected chi connectivity index (χ3v) is 2.67. The molecule has 1 aromatic heterocycles. The summed E-state index contributed by atoms with van der Waals surface area (Å²) < 4.78 is 16.0. The SMILES string of the molecule is COCc1ccc(C(=O)Nc2ccccc2OC(C)C)o1. The molecule has 5 heteroatoms. The summed E-state index contributed by atoms with van der Waals surface area (Å²) in [5.74, 6) is 1.15. The molecule has 0 bridgehead atoms. The fourth-order valence-electron chi connectivity index (χ4n) is 1.83. The largest absolute Gasteiger partial charge is 0.489 e. The van der Waals surface area contributed by atoms with Crippen molar-refractivity contribution in [3.8, 4) is 5.75 Å². The van der Waals surface area contributed by atoms with Crippen LogP contribution in [0.5, 0.6) is 5.75 Å². The van der Waals surface area contributed by atoms with Crippen molar-refractivity contribution < 1.29 is 18.7 Å². The molecule has 0 saturated heterocycles. The van der Waals surface area contributed by atoms with Crippen molar-refractivity contribution in [3.63, 3.8) is 0 Å². The van der Waals surface area contributed by atoms with Crippen molar-refractivity contribution in [2.75, 3.05) is 12.4 Å². The molecule has 1 N–H and O–H groups in total. The first-order valence-corrected chi connectivity index (χ1v) is 6.75. The molecular weight excluding hydrogens is 270 g/mol. The summed E-state index contributed by atoms with van der Waals surface area (Å²) in [6.07, 6.45) is 0.0278. The van der Waals surface area contributed by atoms with E-state index < -0.39 is 0 Å². The molecule has 21 heavy (non-hydrogen) atoms. The maximum absolute atomic E-state index is 12.2. The number of carbonyl (C=O) groups excluding carboxylic acids is 1. The zero-order valence-corrected chi connectivity index (χ0v) is 12.4. The lowest BCUT2D eigenvalue weighted by Crippen LogP contribution is -2.13. The fraction of sp³-hybridized carbons (Fsp3) is 0.312. The second kappa shape index (κ2) is 6.95. The third kappa shape index (κ3) is 4.10. The normalized spacial score (nSPS) is 10.7. The number of amides is 1. The molecule has 0 fully saturated rings. The molecular formula is C16H19NO4. The average molecular weight is 289 g/mol. The van der Waals surface area contributed by atoms with Crippen LogP contribution in [0.25, 0.3) is 0 Å².